The lowest BCUT2D eigenvalue weighted by Gasteiger charge is -2.28. The van der Waals surface area contributed by atoms with Crippen LogP contribution in [0.5, 0.6) is 0 Å². The third kappa shape index (κ3) is 9.91. The summed E-state index contributed by atoms with van der Waals surface area (Å²) in [7, 11) is 0. The second-order valence-corrected chi connectivity index (χ2v) is 7.77. The van der Waals surface area contributed by atoms with Gasteiger partial charge < -0.3 is 14.2 Å². The van der Waals surface area contributed by atoms with E-state index in [2.05, 4.69) is 6.92 Å². The maximum atomic E-state index is 12.3. The Morgan fingerprint density at radius 2 is 1.62 bits per heavy atom. The van der Waals surface area contributed by atoms with Gasteiger partial charge in [0.15, 0.2) is 0 Å². The summed E-state index contributed by atoms with van der Waals surface area (Å²) in [6.45, 7) is 15.8. The van der Waals surface area contributed by atoms with E-state index in [0.717, 1.165) is 12.8 Å². The van der Waals surface area contributed by atoms with E-state index in [-0.39, 0.29) is 36.5 Å². The first-order chi connectivity index (χ1) is 11.0. The van der Waals surface area contributed by atoms with Gasteiger partial charge in [0.05, 0.1) is 18.4 Å². The van der Waals surface area contributed by atoms with E-state index in [1.54, 1.807) is 27.7 Å². The molecule has 0 aliphatic carbocycles. The van der Waals surface area contributed by atoms with Crippen LogP contribution in [0.4, 0.5) is 0 Å². The Labute approximate surface area is 147 Å². The van der Waals surface area contributed by atoms with Crippen LogP contribution in [0.25, 0.3) is 0 Å². The molecule has 0 unspecified atom stereocenters. The number of unbranched alkanes of at least 4 members (excludes halogenated alkanes) is 1. The van der Waals surface area contributed by atoms with Crippen molar-refractivity contribution < 1.29 is 23.8 Å². The molecule has 0 heterocycles. The second kappa shape index (κ2) is 10.7. The summed E-state index contributed by atoms with van der Waals surface area (Å²) in [5.74, 6) is -1.17. The zero-order valence-electron chi connectivity index (χ0n) is 16.7. The molecule has 3 atom stereocenters. The van der Waals surface area contributed by atoms with E-state index in [1.807, 2.05) is 20.8 Å². The highest BCUT2D eigenvalue weighted by Crippen LogP contribution is 2.19. The van der Waals surface area contributed by atoms with Crippen LogP contribution in [0.3, 0.4) is 0 Å². The minimum atomic E-state index is -0.553. The summed E-state index contributed by atoms with van der Waals surface area (Å²) in [5, 5.41) is 0. The molecule has 0 aromatic carbocycles. The lowest BCUT2D eigenvalue weighted by atomic mass is 10.0. The number of hydrogen-bond acceptors (Lipinski definition) is 5. The molecule has 0 aromatic rings. The third-order valence-electron chi connectivity index (χ3n) is 3.55. The molecular formula is C19H36O5. The van der Waals surface area contributed by atoms with Gasteiger partial charge in [0, 0.05) is 6.61 Å². The Hall–Kier alpha value is -1.10. The van der Waals surface area contributed by atoms with E-state index in [9.17, 15) is 9.59 Å². The molecule has 5 nitrogen and oxygen atoms in total. The summed E-state index contributed by atoms with van der Waals surface area (Å²) >= 11 is 0. The fraction of sp³-hybridized carbons (Fsp3) is 0.895. The van der Waals surface area contributed by atoms with E-state index in [0.29, 0.717) is 6.61 Å². The van der Waals surface area contributed by atoms with Crippen molar-refractivity contribution in [3.05, 3.63) is 0 Å². The number of rotatable bonds is 10. The molecule has 0 aliphatic heterocycles. The Balaban J connectivity index is 4.57. The molecule has 0 radical (unpaired) electrons. The van der Waals surface area contributed by atoms with Crippen molar-refractivity contribution in [1.82, 2.24) is 0 Å². The van der Waals surface area contributed by atoms with Crippen LogP contribution in [0.2, 0.25) is 0 Å². The Bertz CT molecular complexity index is 384. The fourth-order valence-electron chi connectivity index (χ4n) is 2.25. The van der Waals surface area contributed by atoms with Crippen molar-refractivity contribution in [2.45, 2.75) is 92.5 Å². The maximum Gasteiger partial charge on any atom is 0.309 e. The third-order valence-corrected chi connectivity index (χ3v) is 3.55. The minimum Gasteiger partial charge on any atom is -0.460 e. The van der Waals surface area contributed by atoms with Crippen LogP contribution in [0, 0.1) is 11.8 Å². The molecule has 0 amide bonds. The molecule has 0 spiro atoms. The van der Waals surface area contributed by atoms with E-state index in [4.69, 9.17) is 14.2 Å². The van der Waals surface area contributed by atoms with Crippen molar-refractivity contribution in [2.24, 2.45) is 11.8 Å². The SMILES string of the molecule is CCCCO[C@@H](C)[C@H](OC(=O)[C@H](C)CC(=O)OC(C)(C)C)C(C)C. The van der Waals surface area contributed by atoms with Gasteiger partial charge in [-0.1, -0.05) is 34.1 Å². The van der Waals surface area contributed by atoms with Gasteiger partial charge in [0.2, 0.25) is 0 Å². The molecule has 0 N–H and O–H groups in total. The number of esters is 2. The summed E-state index contributed by atoms with van der Waals surface area (Å²) in [6.07, 6.45) is 1.57. The molecule has 0 aromatic heterocycles. The van der Waals surface area contributed by atoms with Gasteiger partial charge in [0.25, 0.3) is 0 Å². The van der Waals surface area contributed by atoms with Gasteiger partial charge in [0.1, 0.15) is 11.7 Å². The highest BCUT2D eigenvalue weighted by atomic mass is 16.6. The second-order valence-electron chi connectivity index (χ2n) is 7.77. The molecule has 0 saturated carbocycles. The van der Waals surface area contributed by atoms with Gasteiger partial charge in [-0.15, -0.1) is 0 Å². The van der Waals surface area contributed by atoms with Gasteiger partial charge in [-0.25, -0.2) is 0 Å². The predicted molar refractivity (Wildman–Crippen MR) is 94.7 cm³/mol. The Morgan fingerprint density at radius 3 is 2.08 bits per heavy atom. The van der Waals surface area contributed by atoms with Crippen LogP contribution in [0.15, 0.2) is 0 Å². The lowest BCUT2D eigenvalue weighted by molar-refractivity contribution is -0.170. The molecule has 0 bridgehead atoms. The molecular weight excluding hydrogens is 308 g/mol. The first-order valence-corrected chi connectivity index (χ1v) is 9.01. The van der Waals surface area contributed by atoms with Crippen molar-refractivity contribution in [1.29, 1.82) is 0 Å². The predicted octanol–water partition coefficient (Wildman–Crippen LogP) is 4.13. The van der Waals surface area contributed by atoms with Crippen LogP contribution in [-0.2, 0) is 23.8 Å². The van der Waals surface area contributed by atoms with E-state index in [1.165, 1.54) is 0 Å². The maximum absolute atomic E-state index is 12.3. The smallest absolute Gasteiger partial charge is 0.309 e. The summed E-state index contributed by atoms with van der Waals surface area (Å²) in [6, 6.07) is 0. The topological polar surface area (TPSA) is 61.8 Å². The van der Waals surface area contributed by atoms with Gasteiger partial charge in [-0.3, -0.25) is 9.59 Å². The fourth-order valence-corrected chi connectivity index (χ4v) is 2.25. The van der Waals surface area contributed by atoms with E-state index >= 15 is 0 Å². The monoisotopic (exact) mass is 344 g/mol. The van der Waals surface area contributed by atoms with Gasteiger partial charge in [-0.05, 0) is 40.0 Å². The summed E-state index contributed by atoms with van der Waals surface area (Å²) in [5.41, 5.74) is -0.553. The van der Waals surface area contributed by atoms with Crippen molar-refractivity contribution in [3.63, 3.8) is 0 Å². The van der Waals surface area contributed by atoms with Gasteiger partial charge in [-0.2, -0.15) is 0 Å². The molecule has 0 rings (SSSR count). The van der Waals surface area contributed by atoms with Gasteiger partial charge >= 0.3 is 11.9 Å². The van der Waals surface area contributed by atoms with Crippen LogP contribution in [0.1, 0.15) is 74.7 Å². The highest BCUT2D eigenvalue weighted by molar-refractivity contribution is 5.79. The number of carbonyl (C=O) groups is 2. The summed E-state index contributed by atoms with van der Waals surface area (Å²) < 4.78 is 16.6. The Kier molecular flexibility index (Phi) is 10.2. The highest BCUT2D eigenvalue weighted by Gasteiger charge is 2.29. The standard InChI is InChI=1S/C19H36O5/c1-9-10-11-22-15(5)17(13(2)3)23-18(21)14(4)12-16(20)24-19(6,7)8/h13-15,17H,9-12H2,1-8H3/t14-,15+,17-/m1/s1. The first-order valence-electron chi connectivity index (χ1n) is 9.01. The van der Waals surface area contributed by atoms with Crippen molar-refractivity contribution >= 4 is 11.9 Å². The van der Waals surface area contributed by atoms with Crippen molar-refractivity contribution in [3.8, 4) is 0 Å². The molecule has 24 heavy (non-hydrogen) atoms. The first kappa shape index (κ1) is 22.9. The van der Waals surface area contributed by atoms with E-state index < -0.39 is 11.5 Å². The molecule has 142 valence electrons. The van der Waals surface area contributed by atoms with Crippen LogP contribution >= 0.6 is 0 Å². The zero-order chi connectivity index (χ0) is 18.9. The molecule has 0 fully saturated rings. The minimum absolute atomic E-state index is 0.0198. The number of ether oxygens (including phenoxy) is 3. The molecule has 5 heteroatoms. The molecule has 0 saturated heterocycles. The average Bonchev–Trinajstić information content (AvgIpc) is 2.41. The Morgan fingerprint density at radius 1 is 1.04 bits per heavy atom. The quantitative estimate of drug-likeness (QED) is 0.440. The van der Waals surface area contributed by atoms with Crippen molar-refractivity contribution in [2.75, 3.05) is 6.61 Å². The van der Waals surface area contributed by atoms with Crippen LogP contribution in [-0.4, -0.2) is 36.4 Å². The number of carbonyl (C=O) groups excluding carboxylic acids is 2. The zero-order valence-corrected chi connectivity index (χ0v) is 16.7. The largest absolute Gasteiger partial charge is 0.460 e. The normalized spacial score (nSPS) is 15.7. The molecule has 0 aliphatic rings. The lowest BCUT2D eigenvalue weighted by Crippen LogP contribution is -2.38. The summed E-state index contributed by atoms with van der Waals surface area (Å²) in [4.78, 5) is 24.2. The van der Waals surface area contributed by atoms with Crippen LogP contribution < -0.4 is 0 Å². The average molecular weight is 344 g/mol. The number of hydrogen-bond donors (Lipinski definition) is 0.